The Morgan fingerprint density at radius 2 is 1.89 bits per heavy atom. The highest BCUT2D eigenvalue weighted by Gasteiger charge is 2.32. The maximum Gasteiger partial charge on any atom is 0.415 e. The molecule has 2 aliphatic heterocycles. The molecule has 1 aromatic carbocycles. The van der Waals surface area contributed by atoms with E-state index in [-0.39, 0.29) is 18.6 Å². The van der Waals surface area contributed by atoms with Gasteiger partial charge in [0, 0.05) is 45.5 Å². The Morgan fingerprint density at radius 1 is 1.19 bits per heavy atom. The number of nitrogens with zero attached hydrogens (tertiary/aromatic N) is 5. The second-order valence-electron chi connectivity index (χ2n) is 9.95. The zero-order chi connectivity index (χ0) is 25.2. The predicted octanol–water partition coefficient (Wildman–Crippen LogP) is 3.91. The minimum atomic E-state index is -0.412. The molecular formula is C27H34N6O3. The second-order valence-corrected chi connectivity index (χ2v) is 9.95. The number of fused-ring (bicyclic) bond motifs is 1. The van der Waals surface area contributed by atoms with Crippen molar-refractivity contribution in [3.8, 4) is 0 Å². The summed E-state index contributed by atoms with van der Waals surface area (Å²) >= 11 is 0. The summed E-state index contributed by atoms with van der Waals surface area (Å²) in [5.74, 6) is 1.88. The number of ether oxygens (including phenoxy) is 1. The van der Waals surface area contributed by atoms with Gasteiger partial charge in [0.1, 0.15) is 12.4 Å². The molecular weight excluding hydrogens is 456 g/mol. The van der Waals surface area contributed by atoms with Crippen molar-refractivity contribution in [3.63, 3.8) is 0 Å². The zero-order valence-corrected chi connectivity index (χ0v) is 21.0. The number of rotatable bonds is 8. The lowest BCUT2D eigenvalue weighted by atomic mass is 9.96. The van der Waals surface area contributed by atoms with E-state index in [2.05, 4.69) is 58.0 Å². The number of aromatic nitrogens is 2. The van der Waals surface area contributed by atoms with E-state index < -0.39 is 6.09 Å². The van der Waals surface area contributed by atoms with E-state index >= 15 is 0 Å². The van der Waals surface area contributed by atoms with Crippen LogP contribution >= 0.6 is 0 Å². The van der Waals surface area contributed by atoms with Crippen LogP contribution < -0.4 is 10.2 Å². The molecule has 0 radical (unpaired) electrons. The minimum Gasteiger partial charge on any atom is -0.444 e. The van der Waals surface area contributed by atoms with Gasteiger partial charge in [-0.3, -0.25) is 14.6 Å². The average molecular weight is 491 g/mol. The Kier molecular flexibility index (Phi) is 6.91. The molecule has 190 valence electrons. The van der Waals surface area contributed by atoms with Gasteiger partial charge in [-0.2, -0.15) is 4.98 Å². The van der Waals surface area contributed by atoms with Gasteiger partial charge in [-0.05, 0) is 36.5 Å². The maximum atomic E-state index is 12.0. The Hall–Kier alpha value is -3.46. The molecule has 0 spiro atoms. The molecule has 1 aliphatic carbocycles. The number of nitrogens with one attached hydrogen (secondary N) is 1. The zero-order valence-electron chi connectivity index (χ0n) is 21.0. The molecule has 5 rings (SSSR count). The number of hydrogen-bond acceptors (Lipinski definition) is 7. The summed E-state index contributed by atoms with van der Waals surface area (Å²) in [5, 5.41) is 3.36. The molecule has 0 unspecified atom stereocenters. The Morgan fingerprint density at radius 3 is 2.56 bits per heavy atom. The van der Waals surface area contributed by atoms with E-state index in [4.69, 9.17) is 4.74 Å². The van der Waals surface area contributed by atoms with Gasteiger partial charge in [0.05, 0.1) is 11.6 Å². The minimum absolute atomic E-state index is 0.00621. The molecule has 1 saturated heterocycles. The molecule has 1 aromatic heterocycles. The highest BCUT2D eigenvalue weighted by molar-refractivity contribution is 5.88. The largest absolute Gasteiger partial charge is 0.444 e. The lowest BCUT2D eigenvalue weighted by molar-refractivity contribution is -0.128. The van der Waals surface area contributed by atoms with Gasteiger partial charge >= 0.3 is 6.09 Å². The second kappa shape index (κ2) is 10.3. The Balaban J connectivity index is 1.26. The number of anilines is 2. The summed E-state index contributed by atoms with van der Waals surface area (Å²) in [6.07, 6.45) is 6.50. The van der Waals surface area contributed by atoms with Gasteiger partial charge in [-0.15, -0.1) is 0 Å². The molecule has 9 nitrogen and oxygen atoms in total. The normalized spacial score (nSPS) is 19.8. The fourth-order valence-electron chi connectivity index (χ4n) is 5.01. The van der Waals surface area contributed by atoms with Crippen molar-refractivity contribution in [1.29, 1.82) is 0 Å². The summed E-state index contributed by atoms with van der Waals surface area (Å²) in [7, 11) is 1.65. The van der Waals surface area contributed by atoms with Gasteiger partial charge in [-0.1, -0.05) is 43.7 Å². The molecule has 0 bridgehead atoms. The van der Waals surface area contributed by atoms with Crippen LogP contribution in [0, 0.1) is 5.92 Å². The number of piperazine rings is 1. The molecule has 2 amide bonds. The molecule has 1 N–H and O–H groups in total. The standard InChI is InChI=1S/C27H34N6O3/c1-4-24(34)33-13-11-32(12-14-33)23(15-19-5-6-19)21-9-7-20(8-10-21)18(2)29-26-28-16-22-17-36-27(35)31(3)25(22)30-26/h4,7-10,16,18-19,23H,1,5-6,11-15,17H2,2-3H3,(H,28,29,30)/t18-,23+/m0/s1. The van der Waals surface area contributed by atoms with E-state index in [9.17, 15) is 9.59 Å². The molecule has 36 heavy (non-hydrogen) atoms. The van der Waals surface area contributed by atoms with Crippen molar-refractivity contribution in [2.24, 2.45) is 5.92 Å². The third-order valence-electron chi connectivity index (χ3n) is 7.45. The SMILES string of the molecule is C=CC(=O)N1CCN([C@H](CC2CC2)c2ccc([C@H](C)Nc3ncc4c(n3)N(C)C(=O)OC4)cc2)CC1. The van der Waals surface area contributed by atoms with E-state index in [1.54, 1.807) is 13.2 Å². The fourth-order valence-corrected chi connectivity index (χ4v) is 5.01. The van der Waals surface area contributed by atoms with Crippen molar-refractivity contribution in [2.45, 2.75) is 44.9 Å². The van der Waals surface area contributed by atoms with E-state index in [1.165, 1.54) is 35.8 Å². The van der Waals surface area contributed by atoms with Crippen LogP contribution in [0.15, 0.2) is 43.1 Å². The maximum absolute atomic E-state index is 12.0. The molecule has 9 heteroatoms. The van der Waals surface area contributed by atoms with Crippen LogP contribution in [0.25, 0.3) is 0 Å². The molecule has 1 saturated carbocycles. The van der Waals surface area contributed by atoms with Crippen LogP contribution in [0.4, 0.5) is 16.6 Å². The summed E-state index contributed by atoms with van der Waals surface area (Å²) in [6, 6.07) is 9.18. The lowest BCUT2D eigenvalue weighted by Crippen LogP contribution is -2.49. The van der Waals surface area contributed by atoms with Crippen LogP contribution in [-0.2, 0) is 16.1 Å². The smallest absolute Gasteiger partial charge is 0.415 e. The first-order valence-electron chi connectivity index (χ1n) is 12.7. The van der Waals surface area contributed by atoms with E-state index in [1.807, 2.05) is 4.90 Å². The highest BCUT2D eigenvalue weighted by Crippen LogP contribution is 2.40. The number of cyclic esters (lactones) is 1. The van der Waals surface area contributed by atoms with Gasteiger partial charge in [-0.25, -0.2) is 9.78 Å². The summed E-state index contributed by atoms with van der Waals surface area (Å²) in [6.45, 7) is 9.15. The first kappa shape index (κ1) is 24.2. The summed E-state index contributed by atoms with van der Waals surface area (Å²) < 4.78 is 5.09. The van der Waals surface area contributed by atoms with Gasteiger partial charge in [0.2, 0.25) is 11.9 Å². The van der Waals surface area contributed by atoms with Crippen LogP contribution in [-0.4, -0.2) is 65.0 Å². The Labute approximate surface area is 212 Å². The van der Waals surface area contributed by atoms with Crippen molar-refractivity contribution < 1.29 is 14.3 Å². The quantitative estimate of drug-likeness (QED) is 0.561. The third kappa shape index (κ3) is 5.21. The number of carbonyl (C=O) groups is 2. The first-order valence-corrected chi connectivity index (χ1v) is 12.7. The monoisotopic (exact) mass is 490 g/mol. The third-order valence-corrected chi connectivity index (χ3v) is 7.45. The number of carbonyl (C=O) groups excluding carboxylic acids is 2. The average Bonchev–Trinajstić information content (AvgIpc) is 3.74. The number of hydrogen-bond donors (Lipinski definition) is 1. The Bertz CT molecular complexity index is 1120. The van der Waals surface area contributed by atoms with Crippen LogP contribution in [0.3, 0.4) is 0 Å². The first-order chi connectivity index (χ1) is 17.4. The molecule has 2 fully saturated rings. The van der Waals surface area contributed by atoms with Crippen molar-refractivity contribution >= 4 is 23.8 Å². The summed E-state index contributed by atoms with van der Waals surface area (Å²) in [5.41, 5.74) is 3.25. The van der Waals surface area contributed by atoms with Crippen molar-refractivity contribution in [1.82, 2.24) is 19.8 Å². The lowest BCUT2D eigenvalue weighted by Gasteiger charge is -2.39. The topological polar surface area (TPSA) is 90.9 Å². The number of benzene rings is 1. The summed E-state index contributed by atoms with van der Waals surface area (Å²) in [4.78, 5) is 38.6. The van der Waals surface area contributed by atoms with Gasteiger partial charge in [0.15, 0.2) is 0 Å². The molecule has 2 aromatic rings. The molecule has 2 atom stereocenters. The van der Waals surface area contributed by atoms with Crippen LogP contribution in [0.5, 0.6) is 0 Å². The van der Waals surface area contributed by atoms with E-state index in [0.29, 0.717) is 17.8 Å². The highest BCUT2D eigenvalue weighted by atomic mass is 16.6. The number of amides is 2. The van der Waals surface area contributed by atoms with E-state index in [0.717, 1.165) is 43.2 Å². The van der Waals surface area contributed by atoms with Gasteiger partial charge < -0.3 is 15.0 Å². The fraction of sp³-hybridized carbons (Fsp3) is 0.481. The predicted molar refractivity (Wildman–Crippen MR) is 138 cm³/mol. The van der Waals surface area contributed by atoms with Crippen LogP contribution in [0.2, 0.25) is 0 Å². The van der Waals surface area contributed by atoms with Crippen molar-refractivity contribution in [2.75, 3.05) is 43.4 Å². The van der Waals surface area contributed by atoms with Crippen LogP contribution in [0.1, 0.15) is 55.0 Å². The molecule has 3 aliphatic rings. The van der Waals surface area contributed by atoms with Crippen molar-refractivity contribution in [3.05, 3.63) is 59.8 Å². The van der Waals surface area contributed by atoms with Gasteiger partial charge in [0.25, 0.3) is 0 Å². The molecule has 3 heterocycles.